The third-order valence-corrected chi connectivity index (χ3v) is 4.37. The van der Waals surface area contributed by atoms with E-state index in [1.165, 1.54) is 18.9 Å². The number of amides is 1. The van der Waals surface area contributed by atoms with Gasteiger partial charge in [-0.15, -0.1) is 0 Å². The van der Waals surface area contributed by atoms with E-state index in [2.05, 4.69) is 33.2 Å². The molecule has 0 saturated carbocycles. The van der Waals surface area contributed by atoms with Crippen molar-refractivity contribution < 1.29 is 9.90 Å². The molecule has 0 radical (unpaired) electrons. The van der Waals surface area contributed by atoms with Gasteiger partial charge < -0.3 is 15.3 Å². The van der Waals surface area contributed by atoms with E-state index in [0.29, 0.717) is 18.0 Å². The number of nitrogens with one attached hydrogen (secondary N) is 1. The maximum Gasteiger partial charge on any atom is 0.255 e. The lowest BCUT2D eigenvalue weighted by atomic mass is 9.94. The van der Waals surface area contributed by atoms with Crippen molar-refractivity contribution in [2.45, 2.75) is 19.3 Å². The summed E-state index contributed by atoms with van der Waals surface area (Å²) in [5.41, 5.74) is 0.330. The molecule has 1 amide bonds. The molecule has 0 bridgehead atoms. The normalized spacial score (nSPS) is 17.1. The number of halogens is 1. The van der Waals surface area contributed by atoms with Crippen LogP contribution in [0.4, 0.5) is 0 Å². The minimum absolute atomic E-state index is 0.0103. The van der Waals surface area contributed by atoms with E-state index in [1.54, 1.807) is 12.1 Å². The Balaban J connectivity index is 1.77. The maximum absolute atomic E-state index is 12.0. The Bertz CT molecular complexity index is 471. The van der Waals surface area contributed by atoms with E-state index in [-0.39, 0.29) is 11.7 Å². The van der Waals surface area contributed by atoms with Crippen LogP contribution in [0.3, 0.4) is 0 Å². The minimum Gasteiger partial charge on any atom is -0.507 e. The molecule has 20 heavy (non-hydrogen) atoms. The van der Waals surface area contributed by atoms with Crippen molar-refractivity contribution in [3.8, 4) is 5.75 Å². The van der Waals surface area contributed by atoms with Gasteiger partial charge in [-0.25, -0.2) is 0 Å². The molecule has 1 heterocycles. The van der Waals surface area contributed by atoms with Gasteiger partial charge in [-0.05, 0) is 63.5 Å². The second kappa shape index (κ2) is 7.09. The molecule has 110 valence electrons. The third kappa shape index (κ3) is 4.21. The van der Waals surface area contributed by atoms with Crippen LogP contribution in [0.2, 0.25) is 0 Å². The molecule has 1 aromatic rings. The number of likely N-dealkylation sites (tertiary alicyclic amines) is 1. The number of carbonyl (C=O) groups is 1. The first-order valence-corrected chi connectivity index (χ1v) is 7.81. The summed E-state index contributed by atoms with van der Waals surface area (Å²) in [4.78, 5) is 14.3. The lowest BCUT2D eigenvalue weighted by Gasteiger charge is -2.28. The van der Waals surface area contributed by atoms with Crippen LogP contribution in [0.15, 0.2) is 22.7 Å². The molecule has 1 aliphatic heterocycles. The van der Waals surface area contributed by atoms with E-state index >= 15 is 0 Å². The van der Waals surface area contributed by atoms with Crippen LogP contribution in [-0.2, 0) is 0 Å². The van der Waals surface area contributed by atoms with Crippen LogP contribution < -0.4 is 5.32 Å². The molecular weight excluding hydrogens is 320 g/mol. The van der Waals surface area contributed by atoms with Crippen molar-refractivity contribution >= 4 is 21.8 Å². The number of piperidine rings is 1. The number of benzene rings is 1. The fraction of sp³-hybridized carbons (Fsp3) is 0.533. The summed E-state index contributed by atoms with van der Waals surface area (Å²) in [7, 11) is 2.15. The van der Waals surface area contributed by atoms with Gasteiger partial charge >= 0.3 is 0 Å². The van der Waals surface area contributed by atoms with Crippen molar-refractivity contribution in [2.75, 3.05) is 26.7 Å². The molecule has 0 unspecified atom stereocenters. The van der Waals surface area contributed by atoms with Crippen molar-refractivity contribution in [1.82, 2.24) is 10.2 Å². The largest absolute Gasteiger partial charge is 0.507 e. The Morgan fingerprint density at radius 1 is 1.45 bits per heavy atom. The van der Waals surface area contributed by atoms with Crippen LogP contribution in [-0.4, -0.2) is 42.6 Å². The van der Waals surface area contributed by atoms with Crippen LogP contribution in [0.25, 0.3) is 0 Å². The second-order valence-electron chi connectivity index (χ2n) is 5.45. The van der Waals surface area contributed by atoms with Gasteiger partial charge in [0.05, 0.1) is 5.56 Å². The summed E-state index contributed by atoms with van der Waals surface area (Å²) in [6.45, 7) is 2.96. The van der Waals surface area contributed by atoms with Crippen molar-refractivity contribution in [3.05, 3.63) is 28.2 Å². The predicted octanol–water partition coefficient (Wildman–Crippen LogP) is 2.62. The molecule has 0 aromatic heterocycles. The Morgan fingerprint density at radius 2 is 2.15 bits per heavy atom. The molecule has 1 aromatic carbocycles. The van der Waals surface area contributed by atoms with Gasteiger partial charge in [0.2, 0.25) is 0 Å². The Labute approximate surface area is 128 Å². The highest BCUT2D eigenvalue weighted by molar-refractivity contribution is 9.10. The summed E-state index contributed by atoms with van der Waals surface area (Å²) in [5, 5.41) is 12.6. The smallest absolute Gasteiger partial charge is 0.255 e. The fourth-order valence-electron chi connectivity index (χ4n) is 2.53. The van der Waals surface area contributed by atoms with Gasteiger partial charge in [0.25, 0.3) is 5.91 Å². The van der Waals surface area contributed by atoms with Crippen molar-refractivity contribution in [2.24, 2.45) is 5.92 Å². The quantitative estimate of drug-likeness (QED) is 0.885. The summed E-state index contributed by atoms with van der Waals surface area (Å²) < 4.78 is 0.762. The highest BCUT2D eigenvalue weighted by Crippen LogP contribution is 2.22. The van der Waals surface area contributed by atoms with Crippen LogP contribution in [0.1, 0.15) is 29.6 Å². The molecule has 1 aliphatic rings. The molecule has 5 heteroatoms. The molecule has 2 N–H and O–H groups in total. The molecule has 1 saturated heterocycles. The maximum atomic E-state index is 12.0. The van der Waals surface area contributed by atoms with Crippen LogP contribution in [0, 0.1) is 5.92 Å². The average molecular weight is 341 g/mol. The topological polar surface area (TPSA) is 52.6 Å². The van der Waals surface area contributed by atoms with Crippen LogP contribution >= 0.6 is 15.9 Å². The summed E-state index contributed by atoms with van der Waals surface area (Å²) in [5.74, 6) is 0.504. The number of rotatable bonds is 4. The van der Waals surface area contributed by atoms with Gasteiger partial charge in [0.1, 0.15) is 5.75 Å². The summed E-state index contributed by atoms with van der Waals surface area (Å²) >= 11 is 3.26. The predicted molar refractivity (Wildman–Crippen MR) is 83.0 cm³/mol. The van der Waals surface area contributed by atoms with E-state index in [4.69, 9.17) is 0 Å². The number of hydrogen-bond acceptors (Lipinski definition) is 3. The zero-order valence-electron chi connectivity index (χ0n) is 11.7. The molecule has 1 fully saturated rings. The number of nitrogens with zero attached hydrogens (tertiary/aromatic N) is 1. The highest BCUT2D eigenvalue weighted by Gasteiger charge is 2.17. The third-order valence-electron chi connectivity index (χ3n) is 3.88. The highest BCUT2D eigenvalue weighted by atomic mass is 79.9. The minimum atomic E-state index is -0.206. The standard InChI is InChI=1S/C15H21BrN2O2/c1-18-8-5-11(6-9-18)4-7-17-15(20)13-3-2-12(16)10-14(13)19/h2-3,10-11,19H,4-9H2,1H3,(H,17,20). The van der Waals surface area contributed by atoms with E-state index in [0.717, 1.165) is 24.0 Å². The van der Waals surface area contributed by atoms with E-state index < -0.39 is 0 Å². The molecule has 0 atom stereocenters. The zero-order valence-corrected chi connectivity index (χ0v) is 13.3. The molecular formula is C15H21BrN2O2. The number of aromatic hydroxyl groups is 1. The van der Waals surface area contributed by atoms with Gasteiger partial charge in [0, 0.05) is 11.0 Å². The number of hydrogen-bond donors (Lipinski definition) is 2. The van der Waals surface area contributed by atoms with E-state index in [1.807, 2.05) is 0 Å². The lowest BCUT2D eigenvalue weighted by molar-refractivity contribution is 0.0946. The first-order chi connectivity index (χ1) is 9.56. The van der Waals surface area contributed by atoms with Crippen LogP contribution in [0.5, 0.6) is 5.75 Å². The molecule has 2 rings (SSSR count). The molecule has 0 spiro atoms. The van der Waals surface area contributed by atoms with Gasteiger partial charge in [-0.1, -0.05) is 15.9 Å². The van der Waals surface area contributed by atoms with Crippen molar-refractivity contribution in [1.29, 1.82) is 0 Å². The average Bonchev–Trinajstić information content (AvgIpc) is 2.41. The Kier molecular flexibility index (Phi) is 5.43. The van der Waals surface area contributed by atoms with Gasteiger partial charge in [-0.3, -0.25) is 4.79 Å². The monoisotopic (exact) mass is 340 g/mol. The van der Waals surface area contributed by atoms with E-state index in [9.17, 15) is 9.90 Å². The first-order valence-electron chi connectivity index (χ1n) is 7.01. The summed E-state index contributed by atoms with van der Waals surface area (Å²) in [6, 6.07) is 4.92. The SMILES string of the molecule is CN1CCC(CCNC(=O)c2ccc(Br)cc2O)CC1. The number of phenols is 1. The van der Waals surface area contributed by atoms with Crippen molar-refractivity contribution in [3.63, 3.8) is 0 Å². The Morgan fingerprint density at radius 3 is 2.80 bits per heavy atom. The second-order valence-corrected chi connectivity index (χ2v) is 6.37. The first kappa shape index (κ1) is 15.3. The lowest BCUT2D eigenvalue weighted by Crippen LogP contribution is -2.32. The number of carbonyl (C=O) groups excluding carboxylic acids is 1. The van der Waals surface area contributed by atoms with Gasteiger partial charge in [0.15, 0.2) is 0 Å². The van der Waals surface area contributed by atoms with Gasteiger partial charge in [-0.2, -0.15) is 0 Å². The number of phenolic OH excluding ortho intramolecular Hbond substituents is 1. The Hall–Kier alpha value is -1.07. The molecule has 4 nitrogen and oxygen atoms in total. The molecule has 0 aliphatic carbocycles. The summed E-state index contributed by atoms with van der Waals surface area (Å²) in [6.07, 6.45) is 3.42. The zero-order chi connectivity index (χ0) is 14.5. The fourth-order valence-corrected chi connectivity index (χ4v) is 2.88.